The zero-order chi connectivity index (χ0) is 12.2. The summed E-state index contributed by atoms with van der Waals surface area (Å²) in [5, 5.41) is 8.91. The fraction of sp³-hybridized carbons (Fsp3) is 1.00. The molecule has 0 aromatic carbocycles. The van der Waals surface area contributed by atoms with E-state index in [-0.39, 0.29) is 0 Å². The van der Waals surface area contributed by atoms with Crippen molar-refractivity contribution < 1.29 is 18.1 Å². The van der Waals surface area contributed by atoms with Crippen LogP contribution in [-0.2, 0) is 10.1 Å². The van der Waals surface area contributed by atoms with Crippen molar-refractivity contribution in [3.05, 3.63) is 0 Å². The molecule has 1 saturated heterocycles. The standard InChI is InChI=1S/C9H17NO.CH4O3S/c11-7-9-3-4-10(6-9)5-8-1-2-8;1-5(2,3)4/h8-9,11H,1-7H2;1H3,(H,2,3,4). The molecule has 5 nitrogen and oxygen atoms in total. The van der Waals surface area contributed by atoms with Gasteiger partial charge in [0.2, 0.25) is 0 Å². The molecule has 2 fully saturated rings. The lowest BCUT2D eigenvalue weighted by molar-refractivity contribution is 0.220. The summed E-state index contributed by atoms with van der Waals surface area (Å²) in [5.41, 5.74) is 0. The summed E-state index contributed by atoms with van der Waals surface area (Å²) in [5.74, 6) is 1.58. The third kappa shape index (κ3) is 7.16. The Kier molecular flexibility index (Phi) is 5.17. The maximum absolute atomic E-state index is 9.19. The van der Waals surface area contributed by atoms with Gasteiger partial charge < -0.3 is 10.0 Å². The van der Waals surface area contributed by atoms with Crippen LogP contribution in [0.15, 0.2) is 0 Å². The lowest BCUT2D eigenvalue weighted by atomic mass is 10.1. The molecule has 2 N–H and O–H groups in total. The Bertz CT molecular complexity index is 292. The van der Waals surface area contributed by atoms with Crippen LogP contribution in [0.5, 0.6) is 0 Å². The van der Waals surface area contributed by atoms with Crippen molar-refractivity contribution in [1.29, 1.82) is 0 Å². The second kappa shape index (κ2) is 5.95. The number of nitrogens with zero attached hydrogens (tertiary/aromatic N) is 1. The summed E-state index contributed by atoms with van der Waals surface area (Å²) in [7, 11) is -3.67. The molecular weight excluding hydrogens is 230 g/mol. The molecule has 1 aliphatic heterocycles. The van der Waals surface area contributed by atoms with Crippen LogP contribution >= 0.6 is 0 Å². The monoisotopic (exact) mass is 251 g/mol. The van der Waals surface area contributed by atoms with E-state index in [1.54, 1.807) is 0 Å². The molecule has 0 aromatic rings. The lowest BCUT2D eigenvalue weighted by Gasteiger charge is -2.14. The molecule has 2 rings (SSSR count). The molecule has 1 aliphatic carbocycles. The minimum Gasteiger partial charge on any atom is -0.396 e. The van der Waals surface area contributed by atoms with Crippen LogP contribution in [-0.4, -0.2) is 55.5 Å². The Balaban J connectivity index is 0.000000221. The smallest absolute Gasteiger partial charge is 0.261 e. The molecule has 6 heteroatoms. The minimum atomic E-state index is -3.67. The first-order chi connectivity index (χ1) is 7.38. The van der Waals surface area contributed by atoms with E-state index in [9.17, 15) is 8.42 Å². The zero-order valence-corrected chi connectivity index (χ0v) is 10.5. The van der Waals surface area contributed by atoms with Crippen molar-refractivity contribution in [2.45, 2.75) is 19.3 Å². The van der Waals surface area contributed by atoms with Gasteiger partial charge in [-0.2, -0.15) is 8.42 Å². The van der Waals surface area contributed by atoms with Crippen molar-refractivity contribution in [3.8, 4) is 0 Å². The van der Waals surface area contributed by atoms with E-state index in [2.05, 4.69) is 4.90 Å². The third-order valence-corrected chi connectivity index (χ3v) is 2.84. The predicted octanol–water partition coefficient (Wildman–Crippen LogP) is 0.215. The largest absolute Gasteiger partial charge is 0.396 e. The molecule has 0 bridgehead atoms. The van der Waals surface area contributed by atoms with Crippen LogP contribution in [0.4, 0.5) is 0 Å². The maximum atomic E-state index is 9.19. The molecule has 0 amide bonds. The molecule has 0 spiro atoms. The van der Waals surface area contributed by atoms with Gasteiger partial charge in [0.05, 0.1) is 6.26 Å². The fourth-order valence-electron chi connectivity index (χ4n) is 1.89. The van der Waals surface area contributed by atoms with E-state index in [0.29, 0.717) is 18.8 Å². The van der Waals surface area contributed by atoms with E-state index in [1.807, 2.05) is 0 Å². The molecule has 1 heterocycles. The van der Waals surface area contributed by atoms with Gasteiger partial charge in [0.15, 0.2) is 0 Å². The predicted molar refractivity (Wildman–Crippen MR) is 61.8 cm³/mol. The van der Waals surface area contributed by atoms with Crippen LogP contribution in [0.2, 0.25) is 0 Å². The molecule has 1 saturated carbocycles. The van der Waals surface area contributed by atoms with Crippen molar-refractivity contribution in [3.63, 3.8) is 0 Å². The molecule has 1 unspecified atom stereocenters. The molecular formula is C10H21NO4S. The molecule has 2 aliphatic rings. The van der Waals surface area contributed by atoms with Crippen LogP contribution < -0.4 is 0 Å². The third-order valence-electron chi connectivity index (χ3n) is 2.84. The Hall–Kier alpha value is -0.170. The average Bonchev–Trinajstić information content (AvgIpc) is 2.80. The number of hydrogen-bond acceptors (Lipinski definition) is 4. The van der Waals surface area contributed by atoms with Crippen molar-refractivity contribution in [2.75, 3.05) is 32.5 Å². The van der Waals surface area contributed by atoms with Gasteiger partial charge in [0.1, 0.15) is 0 Å². The quantitative estimate of drug-likeness (QED) is 0.701. The summed E-state index contributed by atoms with van der Waals surface area (Å²) in [6.45, 7) is 4.06. The lowest BCUT2D eigenvalue weighted by Crippen LogP contribution is -2.23. The summed E-state index contributed by atoms with van der Waals surface area (Å²) >= 11 is 0. The summed E-state index contributed by atoms with van der Waals surface area (Å²) in [4.78, 5) is 2.51. The van der Waals surface area contributed by atoms with Gasteiger partial charge in [0.25, 0.3) is 10.1 Å². The number of aliphatic hydroxyl groups excluding tert-OH is 1. The van der Waals surface area contributed by atoms with Crippen LogP contribution in [0.25, 0.3) is 0 Å². The Morgan fingerprint density at radius 3 is 2.19 bits per heavy atom. The van der Waals surface area contributed by atoms with Gasteiger partial charge in [-0.05, 0) is 37.6 Å². The minimum absolute atomic E-state index is 0.390. The number of hydrogen-bond donors (Lipinski definition) is 2. The first-order valence-electron chi connectivity index (χ1n) is 5.64. The van der Waals surface area contributed by atoms with Gasteiger partial charge in [0, 0.05) is 19.7 Å². The molecule has 16 heavy (non-hydrogen) atoms. The normalized spacial score (nSPS) is 26.3. The second-order valence-corrected chi connectivity index (χ2v) is 6.24. The van der Waals surface area contributed by atoms with E-state index in [0.717, 1.165) is 12.5 Å². The van der Waals surface area contributed by atoms with Gasteiger partial charge in [-0.3, -0.25) is 4.55 Å². The number of aliphatic hydroxyl groups is 1. The molecule has 0 radical (unpaired) electrons. The van der Waals surface area contributed by atoms with Crippen molar-refractivity contribution >= 4 is 10.1 Å². The summed E-state index contributed by atoms with van der Waals surface area (Å²) in [6.07, 6.45) is 4.82. The molecule has 1 atom stereocenters. The van der Waals surface area contributed by atoms with Gasteiger partial charge in [-0.15, -0.1) is 0 Å². The Labute approximate surface area is 97.2 Å². The second-order valence-electron chi connectivity index (χ2n) is 4.77. The SMILES string of the molecule is CS(=O)(=O)O.OCC1CCN(CC2CC2)C1. The Morgan fingerprint density at radius 2 is 1.81 bits per heavy atom. The average molecular weight is 251 g/mol. The topological polar surface area (TPSA) is 77.8 Å². The van der Waals surface area contributed by atoms with Crippen LogP contribution in [0.3, 0.4) is 0 Å². The first-order valence-corrected chi connectivity index (χ1v) is 7.49. The maximum Gasteiger partial charge on any atom is 0.261 e. The van der Waals surface area contributed by atoms with Crippen LogP contribution in [0.1, 0.15) is 19.3 Å². The summed E-state index contributed by atoms with van der Waals surface area (Å²) < 4.78 is 25.9. The highest BCUT2D eigenvalue weighted by Crippen LogP contribution is 2.31. The first kappa shape index (κ1) is 13.9. The van der Waals surface area contributed by atoms with Crippen LogP contribution in [0, 0.1) is 11.8 Å². The van der Waals surface area contributed by atoms with Crippen molar-refractivity contribution in [2.24, 2.45) is 11.8 Å². The molecule has 96 valence electrons. The van der Waals surface area contributed by atoms with E-state index in [4.69, 9.17) is 9.66 Å². The molecule has 0 aromatic heterocycles. The number of likely N-dealkylation sites (tertiary alicyclic amines) is 1. The van der Waals surface area contributed by atoms with Crippen molar-refractivity contribution in [1.82, 2.24) is 4.90 Å². The summed E-state index contributed by atoms with van der Waals surface area (Å²) in [6, 6.07) is 0. The van der Waals surface area contributed by atoms with Gasteiger partial charge in [-0.1, -0.05) is 0 Å². The van der Waals surface area contributed by atoms with E-state index in [1.165, 1.54) is 32.4 Å². The van der Waals surface area contributed by atoms with E-state index >= 15 is 0 Å². The van der Waals surface area contributed by atoms with E-state index < -0.39 is 10.1 Å². The zero-order valence-electron chi connectivity index (χ0n) is 9.67. The van der Waals surface area contributed by atoms with Gasteiger partial charge >= 0.3 is 0 Å². The highest BCUT2D eigenvalue weighted by Gasteiger charge is 2.28. The Morgan fingerprint density at radius 1 is 1.25 bits per heavy atom. The highest BCUT2D eigenvalue weighted by atomic mass is 32.2. The van der Waals surface area contributed by atoms with Gasteiger partial charge in [-0.25, -0.2) is 0 Å². The fourth-order valence-corrected chi connectivity index (χ4v) is 1.89. The number of rotatable bonds is 3. The highest BCUT2D eigenvalue weighted by molar-refractivity contribution is 7.85.